The van der Waals surface area contributed by atoms with Gasteiger partial charge in [-0.3, -0.25) is 4.79 Å². The number of ether oxygens (including phenoxy) is 1. The monoisotopic (exact) mass is 365 g/mol. The summed E-state index contributed by atoms with van der Waals surface area (Å²) in [6.07, 6.45) is 0.0883. The number of nitrogens with one attached hydrogen (secondary N) is 1. The van der Waals surface area contributed by atoms with Crippen molar-refractivity contribution in [2.24, 2.45) is 11.8 Å². The number of carbonyl (C=O) groups excluding carboxylic acids is 2. The maximum atomic E-state index is 12.3. The maximum Gasteiger partial charge on any atom is 0.339 e. The van der Waals surface area contributed by atoms with Crippen LogP contribution in [-0.4, -0.2) is 56.7 Å². The number of fused-ring (bicyclic) bond motifs is 1. The molecule has 6 nitrogen and oxygen atoms in total. The van der Waals surface area contributed by atoms with Gasteiger partial charge in [-0.15, -0.1) is 23.2 Å². The molecule has 0 aromatic rings. The molecule has 23 heavy (non-hydrogen) atoms. The smallest absolute Gasteiger partial charge is 0.339 e. The average molecular weight is 366 g/mol. The Morgan fingerprint density at radius 3 is 2.74 bits per heavy atom. The number of esters is 1. The molecule has 0 aromatic heterocycles. The van der Waals surface area contributed by atoms with Crippen LogP contribution in [0, 0.1) is 11.8 Å². The molecule has 3 aliphatic rings. The molecule has 2 aliphatic heterocycles. The number of rotatable bonds is 4. The van der Waals surface area contributed by atoms with Gasteiger partial charge in [0.2, 0.25) is 11.4 Å². The van der Waals surface area contributed by atoms with Gasteiger partial charge < -0.3 is 20.3 Å². The minimum atomic E-state index is -1.53. The highest BCUT2D eigenvalue weighted by atomic mass is 35.5. The average Bonchev–Trinajstić information content (AvgIpc) is 2.67. The Hall–Kier alpha value is -0.560. The third kappa shape index (κ3) is 2.15. The lowest BCUT2D eigenvalue weighted by molar-refractivity contribution is -0.242. The summed E-state index contributed by atoms with van der Waals surface area (Å²) in [7, 11) is 0. The van der Waals surface area contributed by atoms with E-state index in [1.54, 1.807) is 6.92 Å². The van der Waals surface area contributed by atoms with E-state index in [1.165, 1.54) is 0 Å². The molecule has 1 amide bonds. The highest BCUT2D eigenvalue weighted by Crippen LogP contribution is 2.54. The third-order valence-electron chi connectivity index (χ3n) is 5.79. The van der Waals surface area contributed by atoms with Gasteiger partial charge in [0.05, 0.1) is 23.5 Å². The van der Waals surface area contributed by atoms with Crippen molar-refractivity contribution >= 4 is 35.1 Å². The largest absolute Gasteiger partial charge is 0.453 e. The Kier molecular flexibility index (Phi) is 4.32. The van der Waals surface area contributed by atoms with Gasteiger partial charge in [0, 0.05) is 11.8 Å². The SMILES string of the molecule is C[C@@]12OC(=O)[C@]1([C@@H](O)[C@H]1CCC[C@H](Cl)[C@H]1O)NC(=O)[C@@H]2CCCl. The highest BCUT2D eigenvalue weighted by Gasteiger charge is 2.79. The fourth-order valence-electron chi connectivity index (χ4n) is 4.39. The molecule has 2 saturated heterocycles. The Balaban J connectivity index is 1.93. The number of aliphatic hydroxyl groups is 2. The molecule has 1 aliphatic carbocycles. The topological polar surface area (TPSA) is 95.9 Å². The molecule has 8 heteroatoms. The number of hydrogen-bond acceptors (Lipinski definition) is 5. The summed E-state index contributed by atoms with van der Waals surface area (Å²) in [6, 6.07) is 0. The maximum absolute atomic E-state index is 12.3. The molecule has 0 radical (unpaired) electrons. The molecular formula is C15H21Cl2NO5. The van der Waals surface area contributed by atoms with Crippen molar-refractivity contribution in [3.8, 4) is 0 Å². The lowest BCUT2D eigenvalue weighted by atomic mass is 9.63. The first-order valence-electron chi connectivity index (χ1n) is 7.91. The van der Waals surface area contributed by atoms with E-state index in [-0.39, 0.29) is 11.8 Å². The second kappa shape index (κ2) is 5.76. The number of aliphatic hydroxyl groups excluding tert-OH is 2. The van der Waals surface area contributed by atoms with Crippen LogP contribution in [0.2, 0.25) is 0 Å². The van der Waals surface area contributed by atoms with Gasteiger partial charge in [0.25, 0.3) is 0 Å². The standard InChI is InChI=1S/C15H21Cl2NO5/c1-14-8(5-6-16)12(21)18-15(14,13(22)23-14)11(20)7-3-2-4-9(17)10(7)19/h7-11,19-20H,2-6H2,1H3,(H,18,21)/t7-,8-,9-,10-,11-,14-,15-/m0/s1. The van der Waals surface area contributed by atoms with Crippen LogP contribution in [0.3, 0.4) is 0 Å². The first kappa shape index (κ1) is 17.3. The summed E-state index contributed by atoms with van der Waals surface area (Å²) in [5.74, 6) is -1.98. The molecule has 7 atom stereocenters. The number of alkyl halides is 2. The van der Waals surface area contributed by atoms with Crippen molar-refractivity contribution < 1.29 is 24.5 Å². The van der Waals surface area contributed by atoms with E-state index in [0.29, 0.717) is 19.3 Å². The van der Waals surface area contributed by atoms with Crippen molar-refractivity contribution in [3.05, 3.63) is 0 Å². The van der Waals surface area contributed by atoms with E-state index in [9.17, 15) is 19.8 Å². The molecule has 3 N–H and O–H groups in total. The Morgan fingerprint density at radius 2 is 2.13 bits per heavy atom. The third-order valence-corrected chi connectivity index (χ3v) is 6.48. The molecule has 1 saturated carbocycles. The highest BCUT2D eigenvalue weighted by molar-refractivity contribution is 6.21. The van der Waals surface area contributed by atoms with Gasteiger partial charge in [0.1, 0.15) is 0 Å². The minimum Gasteiger partial charge on any atom is -0.453 e. The zero-order valence-electron chi connectivity index (χ0n) is 12.8. The summed E-state index contributed by atoms with van der Waals surface area (Å²) in [6.45, 7) is 1.64. The lowest BCUT2D eigenvalue weighted by Crippen LogP contribution is -2.80. The van der Waals surface area contributed by atoms with Gasteiger partial charge >= 0.3 is 5.97 Å². The molecule has 2 heterocycles. The second-order valence-corrected chi connectivity index (χ2v) is 7.81. The van der Waals surface area contributed by atoms with Crippen LogP contribution in [0.4, 0.5) is 0 Å². The van der Waals surface area contributed by atoms with Gasteiger partial charge in [-0.05, 0) is 26.2 Å². The van der Waals surface area contributed by atoms with Gasteiger partial charge in [-0.25, -0.2) is 4.79 Å². The van der Waals surface area contributed by atoms with Crippen LogP contribution >= 0.6 is 23.2 Å². The quantitative estimate of drug-likeness (QED) is 0.499. The number of carbonyl (C=O) groups is 2. The summed E-state index contributed by atoms with van der Waals surface area (Å²) in [5, 5.41) is 23.4. The molecule has 0 spiro atoms. The van der Waals surface area contributed by atoms with Crippen molar-refractivity contribution in [1.29, 1.82) is 0 Å². The molecule has 0 unspecified atom stereocenters. The second-order valence-electron chi connectivity index (χ2n) is 6.87. The zero-order valence-corrected chi connectivity index (χ0v) is 14.3. The van der Waals surface area contributed by atoms with Crippen molar-refractivity contribution in [2.45, 2.75) is 61.3 Å². The number of halogens is 2. The van der Waals surface area contributed by atoms with E-state index in [0.717, 1.165) is 6.42 Å². The minimum absolute atomic E-state index is 0.243. The van der Waals surface area contributed by atoms with E-state index in [1.807, 2.05) is 0 Å². The van der Waals surface area contributed by atoms with Crippen LogP contribution in [0.15, 0.2) is 0 Å². The van der Waals surface area contributed by atoms with Crippen molar-refractivity contribution in [1.82, 2.24) is 5.32 Å². The molecule has 3 fully saturated rings. The predicted molar refractivity (Wildman–Crippen MR) is 83.2 cm³/mol. The summed E-state index contributed by atoms with van der Waals surface area (Å²) >= 11 is 11.9. The summed E-state index contributed by atoms with van der Waals surface area (Å²) in [5.41, 5.74) is -2.69. The van der Waals surface area contributed by atoms with Crippen LogP contribution in [-0.2, 0) is 14.3 Å². The summed E-state index contributed by atoms with van der Waals surface area (Å²) < 4.78 is 5.31. The van der Waals surface area contributed by atoms with Crippen LogP contribution in [0.25, 0.3) is 0 Å². The van der Waals surface area contributed by atoms with E-state index < -0.39 is 46.5 Å². The Labute approximate surface area is 144 Å². The zero-order chi connectivity index (χ0) is 17.0. The van der Waals surface area contributed by atoms with Gasteiger partial charge in [0.15, 0.2) is 5.60 Å². The molecule has 0 bridgehead atoms. The van der Waals surface area contributed by atoms with Crippen LogP contribution < -0.4 is 5.32 Å². The number of amides is 1. The van der Waals surface area contributed by atoms with Crippen LogP contribution in [0.5, 0.6) is 0 Å². The van der Waals surface area contributed by atoms with Crippen molar-refractivity contribution in [3.63, 3.8) is 0 Å². The molecule has 3 rings (SSSR count). The first-order chi connectivity index (χ1) is 10.8. The molecule has 130 valence electrons. The fourth-order valence-corrected chi connectivity index (χ4v) is 4.95. The lowest BCUT2D eigenvalue weighted by Gasteiger charge is -2.55. The van der Waals surface area contributed by atoms with Crippen molar-refractivity contribution in [2.75, 3.05) is 5.88 Å². The van der Waals surface area contributed by atoms with Gasteiger partial charge in [-0.1, -0.05) is 6.42 Å². The summed E-state index contributed by atoms with van der Waals surface area (Å²) in [4.78, 5) is 24.6. The first-order valence-corrected chi connectivity index (χ1v) is 8.88. The molecule has 0 aromatic carbocycles. The van der Waals surface area contributed by atoms with E-state index in [2.05, 4.69) is 5.32 Å². The van der Waals surface area contributed by atoms with E-state index >= 15 is 0 Å². The predicted octanol–water partition coefficient (Wildman–Crippen LogP) is 0.545. The number of hydrogen-bond donors (Lipinski definition) is 3. The fraction of sp³-hybridized carbons (Fsp3) is 0.867. The van der Waals surface area contributed by atoms with Gasteiger partial charge in [-0.2, -0.15) is 0 Å². The molecular weight excluding hydrogens is 345 g/mol. The normalized spacial score (nSPS) is 47.3. The Morgan fingerprint density at radius 1 is 1.43 bits per heavy atom. The van der Waals surface area contributed by atoms with E-state index in [4.69, 9.17) is 27.9 Å². The Bertz CT molecular complexity index is 532. The van der Waals surface area contributed by atoms with Crippen LogP contribution in [0.1, 0.15) is 32.6 Å².